The quantitative estimate of drug-likeness (QED) is 0.337. The maximum Gasteiger partial charge on any atom is 0.327 e. The molecular weight excluding hydrogens is 338 g/mol. The summed E-state index contributed by atoms with van der Waals surface area (Å²) in [6.45, 7) is 1.76. The summed E-state index contributed by atoms with van der Waals surface area (Å²) in [6, 6.07) is 6.20. The molecule has 1 rings (SSSR count). The molecule has 0 aliphatic rings. The first-order valence-corrected chi connectivity index (χ1v) is 8.84. The molecule has 0 aliphatic heterocycles. The maximum absolute atomic E-state index is 12.4. The molecule has 1 aromatic rings. The summed E-state index contributed by atoms with van der Waals surface area (Å²) < 4.78 is 30.5. The van der Waals surface area contributed by atoms with Crippen LogP contribution in [0.2, 0.25) is 0 Å². The van der Waals surface area contributed by atoms with Gasteiger partial charge in [0.1, 0.15) is 17.7 Å². The third-order valence-corrected chi connectivity index (χ3v) is 4.02. The number of carboxylic acids is 1. The number of hydrogen-bond acceptors (Lipinski definition) is 5. The van der Waals surface area contributed by atoms with Crippen molar-refractivity contribution in [3.05, 3.63) is 35.9 Å². The predicted octanol–water partition coefficient (Wildman–Crippen LogP) is 0.743. The third kappa shape index (κ3) is 6.09. The van der Waals surface area contributed by atoms with Gasteiger partial charge in [-0.25, -0.2) is 4.79 Å². The van der Waals surface area contributed by atoms with Crippen LogP contribution in [0.3, 0.4) is 0 Å². The molecule has 0 saturated carbocycles. The van der Waals surface area contributed by atoms with Crippen LogP contribution >= 0.6 is 0 Å². The number of carboxylic acid groups (broad SMARTS) is 1. The van der Waals surface area contributed by atoms with E-state index < -0.39 is 45.5 Å². The van der Waals surface area contributed by atoms with Gasteiger partial charge in [-0.1, -0.05) is 43.7 Å². The summed E-state index contributed by atoms with van der Waals surface area (Å²) >= 11 is 0. The van der Waals surface area contributed by atoms with Gasteiger partial charge in [-0.05, 0) is 6.42 Å². The molecule has 8 nitrogen and oxygen atoms in total. The molecule has 132 valence electrons. The molecule has 0 aliphatic carbocycles. The lowest BCUT2D eigenvalue weighted by Crippen LogP contribution is -2.48. The number of ketones is 1. The van der Waals surface area contributed by atoms with Crippen molar-refractivity contribution in [1.29, 1.82) is 0 Å². The molecular formula is C15H19NO7S. The van der Waals surface area contributed by atoms with Gasteiger partial charge >= 0.3 is 5.97 Å². The lowest BCUT2D eigenvalue weighted by atomic mass is 9.92. The smallest absolute Gasteiger partial charge is 0.327 e. The first-order valence-electron chi connectivity index (χ1n) is 7.23. The zero-order valence-electron chi connectivity index (χ0n) is 13.0. The summed E-state index contributed by atoms with van der Waals surface area (Å²) in [5.41, 5.74) is 0.299. The number of nitrogens with one attached hydrogen (secondary N) is 1. The van der Waals surface area contributed by atoms with E-state index in [1.165, 1.54) is 12.1 Å². The minimum Gasteiger partial charge on any atom is -0.480 e. The predicted molar refractivity (Wildman–Crippen MR) is 85.2 cm³/mol. The fourth-order valence-corrected chi connectivity index (χ4v) is 2.78. The fraction of sp³-hybridized carbons (Fsp3) is 0.400. The number of hydrogen-bond donors (Lipinski definition) is 3. The highest BCUT2D eigenvalue weighted by molar-refractivity contribution is 7.85. The monoisotopic (exact) mass is 357 g/mol. The average molecular weight is 357 g/mol. The van der Waals surface area contributed by atoms with Crippen LogP contribution in [0.1, 0.15) is 30.1 Å². The van der Waals surface area contributed by atoms with Crippen molar-refractivity contribution in [2.45, 2.75) is 25.8 Å². The van der Waals surface area contributed by atoms with Gasteiger partial charge in [-0.3, -0.25) is 14.1 Å². The Hall–Kier alpha value is -2.26. The van der Waals surface area contributed by atoms with Crippen molar-refractivity contribution in [2.75, 3.05) is 5.75 Å². The van der Waals surface area contributed by atoms with E-state index >= 15 is 0 Å². The van der Waals surface area contributed by atoms with Crippen molar-refractivity contribution in [2.24, 2.45) is 5.92 Å². The minimum atomic E-state index is -4.60. The largest absolute Gasteiger partial charge is 0.480 e. The van der Waals surface area contributed by atoms with Crippen LogP contribution in [0.4, 0.5) is 0 Å². The van der Waals surface area contributed by atoms with Gasteiger partial charge in [0.15, 0.2) is 5.78 Å². The van der Waals surface area contributed by atoms with Gasteiger partial charge in [-0.15, -0.1) is 0 Å². The Labute approximate surface area is 139 Å². The van der Waals surface area contributed by atoms with Crippen LogP contribution in [0.25, 0.3) is 0 Å². The van der Waals surface area contributed by atoms with Gasteiger partial charge in [0, 0.05) is 5.56 Å². The van der Waals surface area contributed by atoms with Crippen LogP contribution in [0, 0.1) is 5.92 Å². The number of amides is 1. The van der Waals surface area contributed by atoms with E-state index in [1.807, 2.05) is 5.32 Å². The Balaban J connectivity index is 2.97. The van der Waals surface area contributed by atoms with Crippen LogP contribution in [-0.2, 0) is 19.7 Å². The Kier molecular flexibility index (Phi) is 7.05. The number of carbonyl (C=O) groups is 3. The van der Waals surface area contributed by atoms with Gasteiger partial charge in [0.05, 0.1) is 0 Å². The number of Topliss-reactive ketones (excluding diaryl/α,β-unsaturated/α-hetero) is 1. The zero-order chi connectivity index (χ0) is 18.3. The van der Waals surface area contributed by atoms with E-state index in [-0.39, 0.29) is 6.42 Å². The van der Waals surface area contributed by atoms with E-state index in [2.05, 4.69) is 0 Å². The van der Waals surface area contributed by atoms with Crippen molar-refractivity contribution >= 4 is 27.8 Å². The zero-order valence-corrected chi connectivity index (χ0v) is 13.8. The number of rotatable bonds is 9. The molecule has 1 aromatic carbocycles. The second-order valence-electron chi connectivity index (χ2n) is 5.22. The highest BCUT2D eigenvalue weighted by Gasteiger charge is 2.32. The van der Waals surface area contributed by atoms with Crippen molar-refractivity contribution < 1.29 is 32.5 Å². The molecule has 0 spiro atoms. The average Bonchev–Trinajstić information content (AvgIpc) is 2.50. The van der Waals surface area contributed by atoms with E-state index in [0.29, 0.717) is 12.0 Å². The standard InChI is InChI=1S/C15H19NO7S/c1-2-6-11(13(17)10-7-4-3-5-8-10)14(18)16-12(15(19)20)9-24(21,22)23/h3-5,7-8,11-12H,2,6,9H2,1H3,(H,16,18)(H,19,20)(H,21,22,23). The van der Waals surface area contributed by atoms with E-state index in [9.17, 15) is 22.8 Å². The second kappa shape index (κ2) is 8.55. The summed E-state index contributed by atoms with van der Waals surface area (Å²) in [6.07, 6.45) is 0.671. The summed E-state index contributed by atoms with van der Waals surface area (Å²) in [5, 5.41) is 11.0. The first-order chi connectivity index (χ1) is 11.2. The van der Waals surface area contributed by atoms with Crippen LogP contribution in [-0.4, -0.2) is 47.5 Å². The third-order valence-electron chi connectivity index (χ3n) is 3.26. The summed E-state index contributed by atoms with van der Waals surface area (Å²) in [4.78, 5) is 35.8. The molecule has 1 amide bonds. The topological polar surface area (TPSA) is 138 Å². The van der Waals surface area contributed by atoms with Gasteiger partial charge in [0.25, 0.3) is 10.1 Å². The molecule has 0 radical (unpaired) electrons. The summed E-state index contributed by atoms with van der Waals surface area (Å²) in [7, 11) is -4.60. The molecule has 0 bridgehead atoms. The van der Waals surface area contributed by atoms with Crippen LogP contribution in [0.15, 0.2) is 30.3 Å². The first kappa shape index (κ1) is 19.8. The van der Waals surface area contributed by atoms with E-state index in [1.54, 1.807) is 25.1 Å². The Morgan fingerprint density at radius 3 is 2.21 bits per heavy atom. The summed E-state index contributed by atoms with van der Waals surface area (Å²) in [5.74, 6) is -5.30. The van der Waals surface area contributed by atoms with E-state index in [0.717, 1.165) is 0 Å². The normalized spacial score (nSPS) is 13.8. The highest BCUT2D eigenvalue weighted by Crippen LogP contribution is 2.15. The Bertz CT molecular complexity index is 700. The van der Waals surface area contributed by atoms with Crippen molar-refractivity contribution in [3.8, 4) is 0 Å². The lowest BCUT2D eigenvalue weighted by Gasteiger charge is -2.18. The molecule has 24 heavy (non-hydrogen) atoms. The molecule has 3 N–H and O–H groups in total. The van der Waals surface area contributed by atoms with Gasteiger partial charge in [-0.2, -0.15) is 8.42 Å². The Morgan fingerprint density at radius 1 is 1.17 bits per heavy atom. The Morgan fingerprint density at radius 2 is 1.75 bits per heavy atom. The van der Waals surface area contributed by atoms with Crippen molar-refractivity contribution in [1.82, 2.24) is 5.32 Å². The van der Waals surface area contributed by atoms with Crippen molar-refractivity contribution in [3.63, 3.8) is 0 Å². The number of aliphatic carboxylic acids is 1. The molecule has 2 unspecified atom stereocenters. The van der Waals surface area contributed by atoms with Crippen LogP contribution < -0.4 is 5.32 Å². The maximum atomic E-state index is 12.4. The van der Waals surface area contributed by atoms with E-state index in [4.69, 9.17) is 9.66 Å². The SMILES string of the molecule is CCCC(C(=O)NC(CS(=O)(=O)O)C(=O)O)C(=O)c1ccccc1. The minimum absolute atomic E-state index is 0.178. The molecule has 0 saturated heterocycles. The fourth-order valence-electron chi connectivity index (χ4n) is 2.13. The van der Waals surface area contributed by atoms with Gasteiger partial charge < -0.3 is 10.4 Å². The van der Waals surface area contributed by atoms with Crippen LogP contribution in [0.5, 0.6) is 0 Å². The number of benzene rings is 1. The molecule has 0 heterocycles. The second-order valence-corrected chi connectivity index (χ2v) is 6.72. The molecule has 0 aromatic heterocycles. The molecule has 2 atom stereocenters. The number of carbonyl (C=O) groups excluding carboxylic acids is 2. The highest BCUT2D eigenvalue weighted by atomic mass is 32.2. The lowest BCUT2D eigenvalue weighted by molar-refractivity contribution is -0.141. The molecule has 0 fully saturated rings. The molecule has 9 heteroatoms. The van der Waals surface area contributed by atoms with Gasteiger partial charge in [0.2, 0.25) is 5.91 Å².